The van der Waals surface area contributed by atoms with Crippen LogP contribution in [0.1, 0.15) is 33.1 Å². The Hall–Kier alpha value is -0.950. The van der Waals surface area contributed by atoms with Crippen molar-refractivity contribution in [2.75, 3.05) is 31.9 Å². The Balaban J connectivity index is 1.80. The molecule has 2 atom stereocenters. The summed E-state index contributed by atoms with van der Waals surface area (Å²) in [6, 6.07) is 0. The van der Waals surface area contributed by atoms with E-state index in [1.807, 2.05) is 0 Å². The third-order valence-electron chi connectivity index (χ3n) is 6.38. The maximum Gasteiger partial charge on any atom is 0.215 e. The Morgan fingerprint density at radius 1 is 1.23 bits per heavy atom. The van der Waals surface area contributed by atoms with Crippen molar-refractivity contribution < 1.29 is 18.0 Å². The molecule has 0 radical (unpaired) electrons. The Morgan fingerprint density at radius 2 is 1.86 bits per heavy atom. The zero-order chi connectivity index (χ0) is 16.2. The first-order valence-corrected chi connectivity index (χ1v) is 9.54. The SMILES string of the molecule is CC1(C)C2CCC1(CS(=O)(=O)N1CCN(C=O)CC1)C(=O)C2. The summed E-state index contributed by atoms with van der Waals surface area (Å²) in [5.74, 6) is 0.384. The predicted molar refractivity (Wildman–Crippen MR) is 81.6 cm³/mol. The monoisotopic (exact) mass is 328 g/mol. The largest absolute Gasteiger partial charge is 0.343 e. The fourth-order valence-corrected chi connectivity index (χ4v) is 6.80. The maximum atomic E-state index is 12.8. The Kier molecular flexibility index (Phi) is 3.64. The van der Waals surface area contributed by atoms with Crippen LogP contribution < -0.4 is 0 Å². The van der Waals surface area contributed by atoms with Crippen LogP contribution >= 0.6 is 0 Å². The summed E-state index contributed by atoms with van der Waals surface area (Å²) in [5, 5.41) is 0. The smallest absolute Gasteiger partial charge is 0.215 e. The summed E-state index contributed by atoms with van der Waals surface area (Å²) in [6.07, 6.45) is 2.93. The molecule has 0 aromatic heterocycles. The van der Waals surface area contributed by atoms with E-state index in [9.17, 15) is 18.0 Å². The molecule has 6 nitrogen and oxygen atoms in total. The van der Waals surface area contributed by atoms with Crippen LogP contribution in [0, 0.1) is 16.7 Å². The van der Waals surface area contributed by atoms with Crippen LogP contribution in [0.5, 0.6) is 0 Å². The van der Waals surface area contributed by atoms with Crippen molar-refractivity contribution in [2.45, 2.75) is 33.1 Å². The molecule has 1 aliphatic heterocycles. The second-order valence-electron chi connectivity index (χ2n) is 7.46. The van der Waals surface area contributed by atoms with Gasteiger partial charge >= 0.3 is 0 Å². The minimum Gasteiger partial charge on any atom is -0.343 e. The predicted octanol–water partition coefficient (Wildman–Crippen LogP) is 0.486. The number of fused-ring (bicyclic) bond motifs is 2. The van der Waals surface area contributed by atoms with Gasteiger partial charge in [0.05, 0.1) is 5.75 Å². The lowest BCUT2D eigenvalue weighted by molar-refractivity contribution is -0.128. The van der Waals surface area contributed by atoms with Gasteiger partial charge in [0, 0.05) is 38.0 Å². The van der Waals surface area contributed by atoms with Crippen molar-refractivity contribution in [3.63, 3.8) is 0 Å². The highest BCUT2D eigenvalue weighted by Gasteiger charge is 2.65. The van der Waals surface area contributed by atoms with Gasteiger partial charge < -0.3 is 4.90 Å². The van der Waals surface area contributed by atoms with Gasteiger partial charge in [0.1, 0.15) is 5.78 Å². The lowest BCUT2D eigenvalue weighted by atomic mass is 9.70. The zero-order valence-electron chi connectivity index (χ0n) is 13.2. The molecule has 0 N–H and O–H groups in total. The first-order chi connectivity index (χ1) is 10.2. The summed E-state index contributed by atoms with van der Waals surface area (Å²) >= 11 is 0. The van der Waals surface area contributed by atoms with Crippen LogP contribution in [-0.4, -0.2) is 61.7 Å². The van der Waals surface area contributed by atoms with Crippen molar-refractivity contribution in [1.29, 1.82) is 0 Å². The molecule has 1 saturated heterocycles. The van der Waals surface area contributed by atoms with E-state index < -0.39 is 15.4 Å². The second-order valence-corrected chi connectivity index (χ2v) is 9.43. The van der Waals surface area contributed by atoms with Crippen LogP contribution in [0.2, 0.25) is 0 Å². The highest BCUT2D eigenvalue weighted by Crippen LogP contribution is 2.64. The van der Waals surface area contributed by atoms with E-state index in [-0.39, 0.29) is 17.0 Å². The topological polar surface area (TPSA) is 74.8 Å². The van der Waals surface area contributed by atoms with Crippen LogP contribution in [0.25, 0.3) is 0 Å². The first kappa shape index (κ1) is 15.9. The fraction of sp³-hybridized carbons (Fsp3) is 0.867. The summed E-state index contributed by atoms with van der Waals surface area (Å²) < 4.78 is 27.1. The summed E-state index contributed by atoms with van der Waals surface area (Å²) in [4.78, 5) is 24.8. The first-order valence-electron chi connectivity index (χ1n) is 7.93. The Labute approximate surface area is 131 Å². The molecule has 1 heterocycles. The van der Waals surface area contributed by atoms with Crippen LogP contribution in [-0.2, 0) is 19.6 Å². The van der Waals surface area contributed by atoms with Crippen molar-refractivity contribution >= 4 is 22.2 Å². The average molecular weight is 328 g/mol. The third kappa shape index (κ3) is 2.12. The summed E-state index contributed by atoms with van der Waals surface area (Å²) in [7, 11) is -3.48. The normalized spacial score (nSPS) is 35.1. The van der Waals surface area contributed by atoms with E-state index in [1.165, 1.54) is 4.31 Å². The van der Waals surface area contributed by atoms with Gasteiger partial charge in [0.15, 0.2) is 0 Å². The number of hydrogen-bond donors (Lipinski definition) is 0. The Morgan fingerprint density at radius 3 is 2.32 bits per heavy atom. The molecule has 7 heteroatoms. The quantitative estimate of drug-likeness (QED) is 0.704. The van der Waals surface area contributed by atoms with Gasteiger partial charge in [-0.2, -0.15) is 4.31 Å². The molecule has 0 spiro atoms. The van der Waals surface area contributed by atoms with Gasteiger partial charge in [-0.25, -0.2) is 8.42 Å². The Bertz CT molecular complexity index is 593. The lowest BCUT2D eigenvalue weighted by Crippen LogP contribution is -2.52. The van der Waals surface area contributed by atoms with Crippen molar-refractivity contribution in [1.82, 2.24) is 9.21 Å². The number of rotatable bonds is 4. The molecule has 2 bridgehead atoms. The van der Waals surface area contributed by atoms with E-state index in [0.29, 0.717) is 44.9 Å². The molecule has 2 saturated carbocycles. The highest BCUT2D eigenvalue weighted by atomic mass is 32.2. The number of amides is 1. The van der Waals surface area contributed by atoms with Crippen LogP contribution in [0.3, 0.4) is 0 Å². The van der Waals surface area contributed by atoms with Gasteiger partial charge in [0.2, 0.25) is 16.4 Å². The molecule has 3 fully saturated rings. The molecule has 22 heavy (non-hydrogen) atoms. The van der Waals surface area contributed by atoms with Gasteiger partial charge in [0.25, 0.3) is 0 Å². The number of ketones is 1. The molecular weight excluding hydrogens is 304 g/mol. The number of carbonyl (C=O) groups excluding carboxylic acids is 2. The molecule has 3 aliphatic rings. The number of Topliss-reactive ketones (excluding diaryl/α,β-unsaturated/α-hetero) is 1. The van der Waals surface area contributed by atoms with Gasteiger partial charge in [-0.1, -0.05) is 13.8 Å². The maximum absolute atomic E-state index is 12.8. The van der Waals surface area contributed by atoms with Gasteiger partial charge in [-0.3, -0.25) is 9.59 Å². The van der Waals surface area contributed by atoms with Crippen LogP contribution in [0.4, 0.5) is 0 Å². The highest BCUT2D eigenvalue weighted by molar-refractivity contribution is 7.89. The van der Waals surface area contributed by atoms with E-state index in [1.54, 1.807) is 4.90 Å². The molecule has 0 aromatic carbocycles. The molecule has 3 rings (SSSR count). The number of hydrogen-bond acceptors (Lipinski definition) is 4. The van der Waals surface area contributed by atoms with E-state index in [2.05, 4.69) is 13.8 Å². The molecule has 1 amide bonds. The molecule has 124 valence electrons. The van der Waals surface area contributed by atoms with E-state index in [0.717, 1.165) is 12.8 Å². The number of carbonyl (C=O) groups is 2. The third-order valence-corrected chi connectivity index (χ3v) is 8.39. The van der Waals surface area contributed by atoms with Crippen molar-refractivity contribution in [3.05, 3.63) is 0 Å². The number of sulfonamides is 1. The molecule has 2 aliphatic carbocycles. The lowest BCUT2D eigenvalue weighted by Gasteiger charge is -2.39. The zero-order valence-corrected chi connectivity index (χ0v) is 14.1. The molecular formula is C15H24N2O4S. The van der Waals surface area contributed by atoms with Crippen molar-refractivity contribution in [3.8, 4) is 0 Å². The standard InChI is InChI=1S/C15H24N2O4S/c1-14(2)12-3-4-15(14,13(19)9-12)10-22(20,21)17-7-5-16(11-18)6-8-17/h11-12H,3-10H2,1-2H3. The second kappa shape index (κ2) is 5.03. The average Bonchev–Trinajstić information content (AvgIpc) is 2.81. The fourth-order valence-electron chi connectivity index (χ4n) is 4.60. The summed E-state index contributed by atoms with van der Waals surface area (Å²) in [6.45, 7) is 5.61. The van der Waals surface area contributed by atoms with Crippen molar-refractivity contribution in [2.24, 2.45) is 16.7 Å². The van der Waals surface area contributed by atoms with Gasteiger partial charge in [-0.15, -0.1) is 0 Å². The minimum atomic E-state index is -3.48. The van der Waals surface area contributed by atoms with Gasteiger partial charge in [-0.05, 0) is 24.2 Å². The molecule has 2 unspecified atom stereocenters. The minimum absolute atomic E-state index is 0.0660. The van der Waals surface area contributed by atoms with Crippen LogP contribution in [0.15, 0.2) is 0 Å². The summed E-state index contributed by atoms with van der Waals surface area (Å²) in [5.41, 5.74) is -0.944. The number of piperazine rings is 1. The van der Waals surface area contributed by atoms with E-state index in [4.69, 9.17) is 0 Å². The van der Waals surface area contributed by atoms with E-state index >= 15 is 0 Å². The molecule has 0 aromatic rings. The number of nitrogens with zero attached hydrogens (tertiary/aromatic N) is 2.